The number of aliphatic hydroxyl groups is 1. The van der Waals surface area contributed by atoms with Crippen LogP contribution in [0.1, 0.15) is 29.3 Å². The molecule has 7 heteroatoms. The Balaban J connectivity index is 1.39. The zero-order valence-electron chi connectivity index (χ0n) is 20.8. The first-order valence-corrected chi connectivity index (χ1v) is 12.2. The number of benzene rings is 3. The maximum Gasteiger partial charge on any atom is 0.227 e. The summed E-state index contributed by atoms with van der Waals surface area (Å²) >= 11 is 0. The number of imidazole rings is 1. The number of amides is 1. The van der Waals surface area contributed by atoms with Crippen molar-refractivity contribution in [2.45, 2.75) is 38.8 Å². The van der Waals surface area contributed by atoms with Crippen LogP contribution in [0.2, 0.25) is 0 Å². The Morgan fingerprint density at radius 2 is 1.78 bits per heavy atom. The van der Waals surface area contributed by atoms with Crippen molar-refractivity contribution in [2.75, 3.05) is 25.2 Å². The first-order chi connectivity index (χ1) is 17.4. The van der Waals surface area contributed by atoms with E-state index < -0.39 is 6.10 Å². The minimum absolute atomic E-state index is 0.0294. The van der Waals surface area contributed by atoms with Gasteiger partial charge in [-0.25, -0.2) is 4.98 Å². The molecule has 1 aromatic heterocycles. The molecule has 7 nitrogen and oxygen atoms in total. The van der Waals surface area contributed by atoms with Gasteiger partial charge in [0.15, 0.2) is 0 Å². The van der Waals surface area contributed by atoms with E-state index in [1.807, 2.05) is 79.1 Å². The lowest BCUT2D eigenvalue weighted by Crippen LogP contribution is -2.26. The van der Waals surface area contributed by atoms with Crippen molar-refractivity contribution in [3.05, 3.63) is 83.7 Å². The summed E-state index contributed by atoms with van der Waals surface area (Å²) < 4.78 is 13.4. The van der Waals surface area contributed by atoms with Gasteiger partial charge in [-0.2, -0.15) is 0 Å². The number of carbonyl (C=O) groups excluding carboxylic acids is 1. The molecule has 4 aromatic rings. The number of hydrogen-bond donors (Lipinski definition) is 1. The highest BCUT2D eigenvalue weighted by Crippen LogP contribution is 2.37. The molecule has 0 radical (unpaired) electrons. The molecule has 1 fully saturated rings. The Morgan fingerprint density at radius 3 is 2.56 bits per heavy atom. The summed E-state index contributed by atoms with van der Waals surface area (Å²) in [5.41, 5.74) is 4.78. The van der Waals surface area contributed by atoms with Gasteiger partial charge in [-0.15, -0.1) is 0 Å². The minimum atomic E-state index is -0.746. The van der Waals surface area contributed by atoms with Crippen molar-refractivity contribution in [3.63, 3.8) is 0 Å². The van der Waals surface area contributed by atoms with Gasteiger partial charge in [-0.05, 0) is 61.4 Å². The van der Waals surface area contributed by atoms with Crippen molar-refractivity contribution >= 4 is 22.6 Å². The third-order valence-electron chi connectivity index (χ3n) is 6.58. The number of fused-ring (bicyclic) bond motifs is 1. The maximum atomic E-state index is 13.1. The molecule has 1 amide bonds. The zero-order valence-corrected chi connectivity index (χ0v) is 20.8. The van der Waals surface area contributed by atoms with E-state index in [2.05, 4.69) is 6.07 Å². The van der Waals surface area contributed by atoms with Gasteiger partial charge in [0.25, 0.3) is 0 Å². The molecule has 1 aliphatic rings. The van der Waals surface area contributed by atoms with Crippen LogP contribution in [0.15, 0.2) is 66.7 Å². The second kappa shape index (κ2) is 10.0. The fraction of sp³-hybridized carbons (Fsp3) is 0.310. The molecule has 1 N–H and O–H groups in total. The van der Waals surface area contributed by atoms with Crippen LogP contribution in [0.25, 0.3) is 11.0 Å². The van der Waals surface area contributed by atoms with Crippen molar-refractivity contribution in [3.8, 4) is 11.5 Å². The van der Waals surface area contributed by atoms with Crippen LogP contribution in [0, 0.1) is 13.8 Å². The quantitative estimate of drug-likeness (QED) is 0.394. The standard InChI is InChI=1S/C29H31N3O4/c1-19-12-20(2)14-23(13-19)36-18-22(33)17-32-25-9-5-4-8-24(25)30-29(32)21-15-28(34)31(16-21)26-10-6-7-11-27(26)35-3/h4-14,21-22,33H,15-18H2,1-3H3/t21-,22+/m0/s1. The van der Waals surface area contributed by atoms with Gasteiger partial charge in [0.1, 0.15) is 30.0 Å². The largest absolute Gasteiger partial charge is 0.495 e. The van der Waals surface area contributed by atoms with E-state index in [0.29, 0.717) is 25.3 Å². The van der Waals surface area contributed by atoms with Gasteiger partial charge in [-0.3, -0.25) is 4.79 Å². The predicted octanol–water partition coefficient (Wildman–Crippen LogP) is 4.62. The van der Waals surface area contributed by atoms with Gasteiger partial charge in [-0.1, -0.05) is 30.3 Å². The number of carbonyl (C=O) groups is 1. The number of aromatic nitrogens is 2. The molecule has 186 valence electrons. The van der Waals surface area contributed by atoms with E-state index in [1.165, 1.54) is 0 Å². The molecule has 36 heavy (non-hydrogen) atoms. The number of hydrogen-bond acceptors (Lipinski definition) is 5. The van der Waals surface area contributed by atoms with Crippen molar-refractivity contribution in [1.82, 2.24) is 9.55 Å². The number of ether oxygens (including phenoxy) is 2. The van der Waals surface area contributed by atoms with Crippen LogP contribution in [0.5, 0.6) is 11.5 Å². The zero-order chi connectivity index (χ0) is 25.2. The Kier molecular flexibility index (Phi) is 6.65. The lowest BCUT2D eigenvalue weighted by Gasteiger charge is -2.20. The van der Waals surface area contributed by atoms with E-state index >= 15 is 0 Å². The van der Waals surface area contributed by atoms with Crippen molar-refractivity contribution in [1.29, 1.82) is 0 Å². The van der Waals surface area contributed by atoms with Crippen molar-refractivity contribution in [2.24, 2.45) is 0 Å². The molecule has 3 aromatic carbocycles. The number of nitrogens with zero attached hydrogens (tertiary/aromatic N) is 3. The Bertz CT molecular complexity index is 1380. The van der Waals surface area contributed by atoms with E-state index in [-0.39, 0.29) is 18.4 Å². The molecule has 0 unspecified atom stereocenters. The van der Waals surface area contributed by atoms with Crippen LogP contribution in [-0.2, 0) is 11.3 Å². The third kappa shape index (κ3) is 4.79. The average Bonchev–Trinajstić information content (AvgIpc) is 3.42. The summed E-state index contributed by atoms with van der Waals surface area (Å²) in [6.07, 6.45) is -0.402. The number of aryl methyl sites for hydroxylation is 2. The highest BCUT2D eigenvalue weighted by molar-refractivity contribution is 5.97. The fourth-order valence-corrected chi connectivity index (χ4v) is 5.04. The molecular formula is C29H31N3O4. The van der Waals surface area contributed by atoms with Crippen LogP contribution in [0.4, 0.5) is 5.69 Å². The first kappa shape index (κ1) is 23.9. The molecule has 0 spiro atoms. The van der Waals surface area contributed by atoms with Crippen LogP contribution in [0.3, 0.4) is 0 Å². The second-order valence-electron chi connectivity index (χ2n) is 9.43. The number of rotatable bonds is 8. The van der Waals surface area contributed by atoms with Gasteiger partial charge < -0.3 is 24.0 Å². The van der Waals surface area contributed by atoms with Gasteiger partial charge in [0, 0.05) is 18.9 Å². The lowest BCUT2D eigenvalue weighted by atomic mass is 10.1. The molecule has 2 atom stereocenters. The van der Waals surface area contributed by atoms with Crippen LogP contribution < -0.4 is 14.4 Å². The summed E-state index contributed by atoms with van der Waals surface area (Å²) in [4.78, 5) is 19.7. The number of methoxy groups -OCH3 is 1. The van der Waals surface area contributed by atoms with Crippen LogP contribution in [-0.4, -0.2) is 46.9 Å². The van der Waals surface area contributed by atoms with Gasteiger partial charge >= 0.3 is 0 Å². The highest BCUT2D eigenvalue weighted by Gasteiger charge is 2.36. The maximum absolute atomic E-state index is 13.1. The topological polar surface area (TPSA) is 76.8 Å². The predicted molar refractivity (Wildman–Crippen MR) is 140 cm³/mol. The van der Waals surface area contributed by atoms with E-state index in [1.54, 1.807) is 12.0 Å². The smallest absolute Gasteiger partial charge is 0.227 e. The summed E-state index contributed by atoms with van der Waals surface area (Å²) in [7, 11) is 1.61. The fourth-order valence-electron chi connectivity index (χ4n) is 5.04. The van der Waals surface area contributed by atoms with Gasteiger partial charge in [0.05, 0.1) is 30.4 Å². The highest BCUT2D eigenvalue weighted by atomic mass is 16.5. The molecule has 0 saturated carbocycles. The summed E-state index contributed by atoms with van der Waals surface area (Å²) in [5.74, 6) is 2.13. The molecule has 1 saturated heterocycles. The van der Waals surface area contributed by atoms with Crippen LogP contribution >= 0.6 is 0 Å². The normalized spacial score (nSPS) is 16.5. The Morgan fingerprint density at radius 1 is 1.06 bits per heavy atom. The Labute approximate surface area is 210 Å². The average molecular weight is 486 g/mol. The molecule has 5 rings (SSSR count). The monoisotopic (exact) mass is 485 g/mol. The third-order valence-corrected chi connectivity index (χ3v) is 6.58. The minimum Gasteiger partial charge on any atom is -0.495 e. The van der Waals surface area contributed by atoms with E-state index in [0.717, 1.165) is 39.4 Å². The number of aliphatic hydroxyl groups excluding tert-OH is 1. The van der Waals surface area contributed by atoms with Crippen molar-refractivity contribution < 1.29 is 19.4 Å². The van der Waals surface area contributed by atoms with E-state index in [9.17, 15) is 9.90 Å². The lowest BCUT2D eigenvalue weighted by molar-refractivity contribution is -0.117. The number of para-hydroxylation sites is 4. The molecule has 0 bridgehead atoms. The molecule has 1 aliphatic heterocycles. The Hall–Kier alpha value is -3.84. The molecule has 0 aliphatic carbocycles. The summed E-state index contributed by atoms with van der Waals surface area (Å²) in [6.45, 7) is 5.03. The number of anilines is 1. The summed E-state index contributed by atoms with van der Waals surface area (Å²) in [5, 5.41) is 10.9. The first-order valence-electron chi connectivity index (χ1n) is 12.2. The van der Waals surface area contributed by atoms with Gasteiger partial charge in [0.2, 0.25) is 5.91 Å². The second-order valence-corrected chi connectivity index (χ2v) is 9.43. The molecular weight excluding hydrogens is 454 g/mol. The van der Waals surface area contributed by atoms with E-state index in [4.69, 9.17) is 14.5 Å². The summed E-state index contributed by atoms with van der Waals surface area (Å²) in [6, 6.07) is 21.4. The molecule has 2 heterocycles. The SMILES string of the molecule is COc1ccccc1N1C[C@@H](c2nc3ccccc3n2C[C@@H](O)COc2cc(C)cc(C)c2)CC1=O.